The topological polar surface area (TPSA) is 73.0 Å². The molecule has 154 valence electrons. The molecule has 0 amide bonds. The Morgan fingerprint density at radius 3 is 2.77 bits per heavy atom. The first-order valence-corrected chi connectivity index (χ1v) is 10.4. The first-order valence-electron chi connectivity index (χ1n) is 10.4. The minimum atomic E-state index is -0.0353. The van der Waals surface area contributed by atoms with Gasteiger partial charge in [0, 0.05) is 45.3 Å². The molecule has 3 aromatic heterocycles. The number of H-pyrrole nitrogens is 1. The van der Waals surface area contributed by atoms with Crippen LogP contribution in [0.2, 0.25) is 0 Å². The molecule has 4 heterocycles. The normalized spacial score (nSPS) is 13.7. The molecule has 1 aliphatic heterocycles. The van der Waals surface area contributed by atoms with Crippen LogP contribution in [0.3, 0.4) is 0 Å². The van der Waals surface area contributed by atoms with Crippen LogP contribution in [0.5, 0.6) is 5.75 Å². The van der Waals surface area contributed by atoms with E-state index < -0.39 is 0 Å². The molecule has 0 atom stereocenters. The van der Waals surface area contributed by atoms with E-state index in [-0.39, 0.29) is 11.5 Å². The van der Waals surface area contributed by atoms with Gasteiger partial charge in [-0.2, -0.15) is 0 Å². The lowest BCUT2D eigenvalue weighted by molar-refractivity contribution is 0.366. The Hall–Kier alpha value is -3.80. The summed E-state index contributed by atoms with van der Waals surface area (Å²) in [6, 6.07) is 11.6. The van der Waals surface area contributed by atoms with Crippen LogP contribution in [0.15, 0.2) is 51.8 Å². The van der Waals surface area contributed by atoms with E-state index >= 15 is 0 Å². The summed E-state index contributed by atoms with van der Waals surface area (Å²) in [5.41, 5.74) is 6.46. The lowest BCUT2D eigenvalue weighted by Gasteiger charge is -2.19. The maximum Gasteiger partial charge on any atom is 0.185 e. The molecule has 2 aromatic carbocycles. The summed E-state index contributed by atoms with van der Waals surface area (Å²) in [5, 5.41) is 5.16. The Bertz CT molecular complexity index is 1600. The van der Waals surface area contributed by atoms with Gasteiger partial charge in [-0.15, -0.1) is 0 Å². The fourth-order valence-corrected chi connectivity index (χ4v) is 4.43. The minimum absolute atomic E-state index is 0.0353. The summed E-state index contributed by atoms with van der Waals surface area (Å²) in [6.45, 7) is 6.46. The number of hydrogen-bond acceptors (Lipinski definition) is 4. The lowest BCUT2D eigenvalue weighted by Crippen LogP contribution is -2.08. The molecule has 0 spiro atoms. The highest BCUT2D eigenvalue weighted by Gasteiger charge is 2.24. The maximum absolute atomic E-state index is 12.2. The number of fused-ring (bicyclic) bond motifs is 5. The van der Waals surface area contributed by atoms with Crippen molar-refractivity contribution in [1.29, 1.82) is 0 Å². The van der Waals surface area contributed by atoms with Crippen molar-refractivity contribution in [1.82, 2.24) is 14.8 Å². The van der Waals surface area contributed by atoms with E-state index in [9.17, 15) is 4.79 Å². The molecular formula is C25H21N3O3. The Labute approximate surface area is 177 Å². The molecule has 0 saturated carbocycles. The van der Waals surface area contributed by atoms with Crippen LogP contribution in [0, 0.1) is 6.92 Å². The number of nitrogens with one attached hydrogen (secondary N) is 1. The number of aromatic nitrogens is 3. The summed E-state index contributed by atoms with van der Waals surface area (Å²) in [6.07, 6.45) is 4.12. The van der Waals surface area contributed by atoms with Crippen LogP contribution >= 0.6 is 0 Å². The molecule has 0 saturated heterocycles. The summed E-state index contributed by atoms with van der Waals surface area (Å²) in [5.74, 6) is 0.871. The molecule has 6 rings (SSSR count). The quantitative estimate of drug-likeness (QED) is 0.419. The number of aryl methyl sites for hydroxylation is 1. The minimum Gasteiger partial charge on any atom is -0.488 e. The average molecular weight is 411 g/mol. The van der Waals surface area contributed by atoms with E-state index in [2.05, 4.69) is 25.0 Å². The zero-order valence-corrected chi connectivity index (χ0v) is 17.5. The van der Waals surface area contributed by atoms with Crippen molar-refractivity contribution >= 4 is 44.8 Å². The van der Waals surface area contributed by atoms with Crippen LogP contribution < -0.4 is 10.2 Å². The molecule has 1 N–H and O–H groups in total. The van der Waals surface area contributed by atoms with Crippen LogP contribution in [0.25, 0.3) is 44.8 Å². The Balaban J connectivity index is 1.77. The van der Waals surface area contributed by atoms with E-state index in [0.29, 0.717) is 23.3 Å². The second-order valence-corrected chi connectivity index (χ2v) is 8.30. The SMILES string of the molecule is Cc1c(=O)ccc2c1oc1c(C3=Cc4ccccc4OC3)c3c[nH]n(C(C)C)c3nc12. The smallest absolute Gasteiger partial charge is 0.185 e. The van der Waals surface area contributed by atoms with E-state index in [1.807, 2.05) is 41.2 Å². The maximum atomic E-state index is 12.2. The number of pyridine rings is 1. The summed E-state index contributed by atoms with van der Waals surface area (Å²) >= 11 is 0. The van der Waals surface area contributed by atoms with Crippen LogP contribution in [0.4, 0.5) is 0 Å². The van der Waals surface area contributed by atoms with Gasteiger partial charge in [0.05, 0.1) is 0 Å². The number of ether oxygens (including phenoxy) is 1. The number of furan rings is 1. The third-order valence-electron chi connectivity index (χ3n) is 6.03. The van der Waals surface area contributed by atoms with Crippen LogP contribution in [0.1, 0.15) is 36.6 Å². The predicted octanol–water partition coefficient (Wildman–Crippen LogP) is 5.45. The second kappa shape index (κ2) is 6.35. The second-order valence-electron chi connectivity index (χ2n) is 8.30. The highest BCUT2D eigenvalue weighted by Crippen LogP contribution is 2.40. The van der Waals surface area contributed by atoms with Crippen molar-refractivity contribution in [3.8, 4) is 5.75 Å². The zero-order chi connectivity index (χ0) is 21.3. The molecule has 1 aliphatic rings. The Kier molecular flexibility index (Phi) is 3.69. The van der Waals surface area contributed by atoms with Gasteiger partial charge in [0.25, 0.3) is 0 Å². The first kappa shape index (κ1) is 18.0. The summed E-state index contributed by atoms with van der Waals surface area (Å²) in [7, 11) is 0. The number of para-hydroxylation sites is 1. The van der Waals surface area contributed by atoms with E-state index in [1.54, 1.807) is 13.0 Å². The van der Waals surface area contributed by atoms with Gasteiger partial charge in [0.2, 0.25) is 0 Å². The number of rotatable bonds is 2. The van der Waals surface area contributed by atoms with Crippen molar-refractivity contribution < 1.29 is 9.15 Å². The molecule has 0 radical (unpaired) electrons. The molecule has 31 heavy (non-hydrogen) atoms. The zero-order valence-electron chi connectivity index (χ0n) is 17.5. The molecule has 6 heteroatoms. The highest BCUT2D eigenvalue weighted by molar-refractivity contribution is 6.13. The van der Waals surface area contributed by atoms with Gasteiger partial charge < -0.3 is 14.3 Å². The number of aromatic amines is 1. The van der Waals surface area contributed by atoms with Gasteiger partial charge in [-0.1, -0.05) is 18.2 Å². The van der Waals surface area contributed by atoms with Gasteiger partial charge in [-0.05, 0) is 45.0 Å². The summed E-state index contributed by atoms with van der Waals surface area (Å²) in [4.78, 5) is 17.2. The van der Waals surface area contributed by atoms with Gasteiger partial charge in [-0.25, -0.2) is 4.98 Å². The average Bonchev–Trinajstić information content (AvgIpc) is 3.36. The molecule has 0 unspecified atom stereocenters. The fourth-order valence-electron chi connectivity index (χ4n) is 4.43. The van der Waals surface area contributed by atoms with Gasteiger partial charge in [0.15, 0.2) is 16.7 Å². The molecule has 0 aliphatic carbocycles. The van der Waals surface area contributed by atoms with Crippen molar-refractivity contribution in [2.75, 3.05) is 6.61 Å². The standard InChI is InChI=1S/C25H21N3O3/c1-13(2)28-25-18(11-26-28)21(16-10-15-6-4-5-7-20(15)30-12-16)24-22(27-25)17-8-9-19(29)14(3)23(17)31-24/h4-11,13,26H,12H2,1-3H3. The number of hydrogen-bond donors (Lipinski definition) is 1. The molecular weight excluding hydrogens is 390 g/mol. The van der Waals surface area contributed by atoms with Gasteiger partial charge in [0.1, 0.15) is 23.5 Å². The fraction of sp³-hybridized carbons (Fsp3) is 0.200. The van der Waals surface area contributed by atoms with Crippen molar-refractivity contribution in [3.63, 3.8) is 0 Å². The highest BCUT2D eigenvalue weighted by atomic mass is 16.5. The number of nitrogens with zero attached hydrogens (tertiary/aromatic N) is 2. The third kappa shape index (κ3) is 2.51. The molecule has 0 bridgehead atoms. The molecule has 5 aromatic rings. The first-order chi connectivity index (χ1) is 15.0. The van der Waals surface area contributed by atoms with Gasteiger partial charge in [-0.3, -0.25) is 9.48 Å². The van der Waals surface area contributed by atoms with Crippen molar-refractivity contribution in [2.45, 2.75) is 26.8 Å². The van der Waals surface area contributed by atoms with Crippen molar-refractivity contribution in [2.24, 2.45) is 0 Å². The summed E-state index contributed by atoms with van der Waals surface area (Å²) < 4.78 is 14.4. The van der Waals surface area contributed by atoms with E-state index in [0.717, 1.165) is 44.4 Å². The van der Waals surface area contributed by atoms with E-state index in [1.165, 1.54) is 0 Å². The molecule has 0 fully saturated rings. The lowest BCUT2D eigenvalue weighted by atomic mass is 9.98. The van der Waals surface area contributed by atoms with Crippen molar-refractivity contribution in [3.05, 3.63) is 69.5 Å². The van der Waals surface area contributed by atoms with Crippen LogP contribution in [-0.4, -0.2) is 21.4 Å². The largest absolute Gasteiger partial charge is 0.488 e. The third-order valence-corrected chi connectivity index (χ3v) is 6.03. The van der Waals surface area contributed by atoms with Crippen LogP contribution in [-0.2, 0) is 0 Å². The predicted molar refractivity (Wildman–Crippen MR) is 123 cm³/mol. The molecule has 6 nitrogen and oxygen atoms in total. The van der Waals surface area contributed by atoms with Gasteiger partial charge >= 0.3 is 0 Å². The van der Waals surface area contributed by atoms with E-state index in [4.69, 9.17) is 14.1 Å². The Morgan fingerprint density at radius 1 is 1.10 bits per heavy atom. The monoisotopic (exact) mass is 411 g/mol. The Morgan fingerprint density at radius 2 is 1.94 bits per heavy atom. The number of benzene rings is 2.